The molecule has 7 nitrogen and oxygen atoms in total. The second-order valence-corrected chi connectivity index (χ2v) is 8.99. The van der Waals surface area contributed by atoms with Gasteiger partial charge < -0.3 is 9.64 Å². The first kappa shape index (κ1) is 18.6. The van der Waals surface area contributed by atoms with Gasteiger partial charge in [0.05, 0.1) is 0 Å². The quantitative estimate of drug-likeness (QED) is 0.783. The molecule has 3 fully saturated rings. The number of imide groups is 1. The summed E-state index contributed by atoms with van der Waals surface area (Å²) in [6, 6.07) is 5.05. The highest BCUT2D eigenvalue weighted by atomic mass is 16.5. The maximum atomic E-state index is 12.8. The average molecular weight is 397 g/mol. The number of hydrogen-bond acceptors (Lipinski definition) is 5. The van der Waals surface area contributed by atoms with E-state index >= 15 is 0 Å². The largest absolute Gasteiger partial charge is 0.489 e. The molecule has 2 atom stereocenters. The predicted octanol–water partition coefficient (Wildman–Crippen LogP) is 1.70. The molecule has 5 rings (SSSR count). The summed E-state index contributed by atoms with van der Waals surface area (Å²) in [6.07, 6.45) is 4.51. The van der Waals surface area contributed by atoms with Gasteiger partial charge in [-0.05, 0) is 61.4 Å². The molecular weight excluding hydrogens is 370 g/mol. The van der Waals surface area contributed by atoms with E-state index in [4.69, 9.17) is 4.74 Å². The minimum Gasteiger partial charge on any atom is -0.489 e. The van der Waals surface area contributed by atoms with Crippen LogP contribution in [0.2, 0.25) is 0 Å². The third kappa shape index (κ3) is 3.41. The van der Waals surface area contributed by atoms with Gasteiger partial charge in [0.1, 0.15) is 17.9 Å². The average Bonchev–Trinajstić information content (AvgIpc) is 3.35. The fourth-order valence-corrected chi connectivity index (χ4v) is 5.11. The summed E-state index contributed by atoms with van der Waals surface area (Å²) in [5, 5.41) is 2.34. The van der Waals surface area contributed by atoms with Crippen molar-refractivity contribution in [3.05, 3.63) is 29.3 Å². The van der Waals surface area contributed by atoms with E-state index in [2.05, 4.69) is 17.1 Å². The van der Waals surface area contributed by atoms with Gasteiger partial charge >= 0.3 is 0 Å². The molecule has 154 valence electrons. The summed E-state index contributed by atoms with van der Waals surface area (Å²) >= 11 is 0. The van der Waals surface area contributed by atoms with E-state index in [0.29, 0.717) is 23.9 Å². The van der Waals surface area contributed by atoms with Gasteiger partial charge in [-0.15, -0.1) is 0 Å². The third-order valence-electron chi connectivity index (χ3n) is 6.88. The second kappa shape index (κ2) is 6.83. The molecule has 3 heterocycles. The standard InChI is InChI=1S/C22H27N3O4/c1-2-24-12-16(10-22(13-24)7-8-22)29-15-3-4-17-14(9-15)11-25(21(17)28)18-5-6-19(26)23-20(18)27/h3-4,9,16,18H,2,5-8,10-13H2,1H3,(H,23,26,27)/t16-,18?/m0/s1. The van der Waals surface area contributed by atoms with Gasteiger partial charge in [-0.2, -0.15) is 0 Å². The van der Waals surface area contributed by atoms with Crippen molar-refractivity contribution in [3.63, 3.8) is 0 Å². The Morgan fingerprint density at radius 2 is 2.07 bits per heavy atom. The lowest BCUT2D eigenvalue weighted by molar-refractivity contribution is -0.136. The molecule has 2 saturated heterocycles. The van der Waals surface area contributed by atoms with Crippen LogP contribution in [0.15, 0.2) is 18.2 Å². The van der Waals surface area contributed by atoms with Crippen LogP contribution in [0, 0.1) is 5.41 Å². The first-order chi connectivity index (χ1) is 14.0. The van der Waals surface area contributed by atoms with Gasteiger partial charge in [0.15, 0.2) is 0 Å². The van der Waals surface area contributed by atoms with Crippen LogP contribution < -0.4 is 10.1 Å². The van der Waals surface area contributed by atoms with E-state index in [0.717, 1.165) is 30.8 Å². The SMILES string of the molecule is CCN1C[C@@H](Oc2ccc3c(c2)CN(C2CCC(=O)NC2=O)C3=O)CC2(CC2)C1. The van der Waals surface area contributed by atoms with Crippen molar-refractivity contribution < 1.29 is 19.1 Å². The molecule has 0 bridgehead atoms. The van der Waals surface area contributed by atoms with Crippen molar-refractivity contribution in [1.82, 2.24) is 15.1 Å². The Morgan fingerprint density at radius 1 is 1.24 bits per heavy atom. The van der Waals surface area contributed by atoms with Crippen LogP contribution >= 0.6 is 0 Å². The zero-order chi connectivity index (χ0) is 20.2. The summed E-state index contributed by atoms with van der Waals surface area (Å²) in [7, 11) is 0. The first-order valence-electron chi connectivity index (χ1n) is 10.6. The summed E-state index contributed by atoms with van der Waals surface area (Å²) in [6.45, 7) is 5.75. The highest BCUT2D eigenvalue weighted by Gasteiger charge is 2.49. The Hall–Kier alpha value is -2.41. The number of amides is 3. The van der Waals surface area contributed by atoms with Crippen molar-refractivity contribution in [3.8, 4) is 5.75 Å². The first-order valence-corrected chi connectivity index (χ1v) is 10.6. The van der Waals surface area contributed by atoms with E-state index in [1.807, 2.05) is 18.2 Å². The topological polar surface area (TPSA) is 79.0 Å². The number of likely N-dealkylation sites (tertiary alicyclic amines) is 1. The molecule has 3 amide bonds. The molecule has 1 N–H and O–H groups in total. The van der Waals surface area contributed by atoms with E-state index in [-0.39, 0.29) is 30.2 Å². The van der Waals surface area contributed by atoms with Gasteiger partial charge in [0.25, 0.3) is 5.91 Å². The molecule has 3 aliphatic heterocycles. The summed E-state index contributed by atoms with van der Waals surface area (Å²) < 4.78 is 6.34. The molecule has 1 saturated carbocycles. The molecule has 1 aromatic rings. The van der Waals surface area contributed by atoms with Crippen molar-refractivity contribution in [1.29, 1.82) is 0 Å². The maximum Gasteiger partial charge on any atom is 0.255 e. The van der Waals surface area contributed by atoms with E-state index < -0.39 is 6.04 Å². The van der Waals surface area contributed by atoms with Crippen LogP contribution in [-0.4, -0.2) is 59.3 Å². The smallest absolute Gasteiger partial charge is 0.255 e. The number of fused-ring (bicyclic) bond motifs is 1. The zero-order valence-corrected chi connectivity index (χ0v) is 16.8. The van der Waals surface area contributed by atoms with E-state index in [9.17, 15) is 14.4 Å². The lowest BCUT2D eigenvalue weighted by atomic mass is 9.93. The third-order valence-corrected chi connectivity index (χ3v) is 6.88. The number of carbonyl (C=O) groups excluding carboxylic acids is 3. The van der Waals surface area contributed by atoms with Gasteiger partial charge in [-0.1, -0.05) is 6.92 Å². The van der Waals surface area contributed by atoms with Gasteiger partial charge in [0, 0.05) is 31.6 Å². The zero-order valence-electron chi connectivity index (χ0n) is 16.8. The summed E-state index contributed by atoms with van der Waals surface area (Å²) in [5.74, 6) is -0.00292. The van der Waals surface area contributed by atoms with Crippen molar-refractivity contribution in [2.75, 3.05) is 19.6 Å². The molecule has 7 heteroatoms. The molecule has 4 aliphatic rings. The number of piperidine rings is 2. The lowest BCUT2D eigenvalue weighted by Crippen LogP contribution is -2.52. The Kier molecular flexibility index (Phi) is 4.38. The van der Waals surface area contributed by atoms with Gasteiger partial charge in [0.2, 0.25) is 11.8 Å². The molecule has 1 aromatic carbocycles. The monoisotopic (exact) mass is 397 g/mol. The Labute approximate surface area is 170 Å². The fraction of sp³-hybridized carbons (Fsp3) is 0.591. The van der Waals surface area contributed by atoms with Crippen molar-refractivity contribution in [2.45, 2.75) is 57.7 Å². The number of rotatable bonds is 4. The van der Waals surface area contributed by atoms with Crippen LogP contribution in [0.25, 0.3) is 0 Å². The minimum absolute atomic E-state index is 0.146. The highest BCUT2D eigenvalue weighted by Crippen LogP contribution is 2.52. The Balaban J connectivity index is 1.30. The molecule has 1 aliphatic carbocycles. The molecule has 0 aromatic heterocycles. The lowest BCUT2D eigenvalue weighted by Gasteiger charge is -2.37. The van der Waals surface area contributed by atoms with Crippen LogP contribution in [0.3, 0.4) is 0 Å². The highest BCUT2D eigenvalue weighted by molar-refractivity contribution is 6.05. The molecule has 0 radical (unpaired) electrons. The molecule has 29 heavy (non-hydrogen) atoms. The van der Waals surface area contributed by atoms with Gasteiger partial charge in [-0.25, -0.2) is 0 Å². The van der Waals surface area contributed by atoms with Crippen LogP contribution in [-0.2, 0) is 16.1 Å². The number of ether oxygens (including phenoxy) is 1. The van der Waals surface area contributed by atoms with Crippen LogP contribution in [0.1, 0.15) is 54.9 Å². The van der Waals surface area contributed by atoms with Gasteiger partial charge in [-0.3, -0.25) is 24.6 Å². The fourth-order valence-electron chi connectivity index (χ4n) is 5.11. The van der Waals surface area contributed by atoms with E-state index in [1.54, 1.807) is 4.90 Å². The molecular formula is C22H27N3O4. The number of nitrogens with one attached hydrogen (secondary N) is 1. The number of hydrogen-bond donors (Lipinski definition) is 1. The normalized spacial score (nSPS) is 28.4. The van der Waals surface area contributed by atoms with Crippen molar-refractivity contribution in [2.24, 2.45) is 5.41 Å². The second-order valence-electron chi connectivity index (χ2n) is 8.99. The number of benzene rings is 1. The summed E-state index contributed by atoms with van der Waals surface area (Å²) in [4.78, 5) is 40.5. The Bertz CT molecular complexity index is 879. The molecule has 1 spiro atoms. The minimum atomic E-state index is -0.580. The number of likely N-dealkylation sites (N-methyl/N-ethyl adjacent to an activating group) is 1. The predicted molar refractivity (Wildman–Crippen MR) is 105 cm³/mol. The van der Waals surface area contributed by atoms with Crippen molar-refractivity contribution >= 4 is 17.7 Å². The molecule has 1 unspecified atom stereocenters. The van der Waals surface area contributed by atoms with Crippen LogP contribution in [0.4, 0.5) is 0 Å². The van der Waals surface area contributed by atoms with E-state index in [1.165, 1.54) is 19.4 Å². The number of nitrogens with zero attached hydrogens (tertiary/aromatic N) is 2. The summed E-state index contributed by atoms with van der Waals surface area (Å²) in [5.41, 5.74) is 1.97. The maximum absolute atomic E-state index is 12.8. The Morgan fingerprint density at radius 3 is 2.79 bits per heavy atom. The number of carbonyl (C=O) groups is 3. The van der Waals surface area contributed by atoms with Crippen LogP contribution in [0.5, 0.6) is 5.75 Å².